The van der Waals surface area contributed by atoms with Gasteiger partial charge in [-0.15, -0.1) is 0 Å². The van der Waals surface area contributed by atoms with Crippen LogP contribution in [0.1, 0.15) is 22.6 Å². The number of pyridine rings is 1. The monoisotopic (exact) mass is 576 g/mol. The molecule has 17 heteroatoms. The Bertz CT molecular complexity index is 1700. The van der Waals surface area contributed by atoms with E-state index >= 15 is 0 Å². The number of sulfone groups is 1. The van der Waals surface area contributed by atoms with Crippen molar-refractivity contribution < 1.29 is 40.7 Å². The van der Waals surface area contributed by atoms with Gasteiger partial charge in [0.2, 0.25) is 11.8 Å². The molecule has 1 aliphatic rings. The van der Waals surface area contributed by atoms with E-state index in [1.807, 2.05) is 0 Å². The third-order valence-electron chi connectivity index (χ3n) is 5.60. The fourth-order valence-corrected chi connectivity index (χ4v) is 5.10. The molecule has 4 heterocycles. The number of alkyl halides is 3. The summed E-state index contributed by atoms with van der Waals surface area (Å²) in [4.78, 5) is 20.3. The predicted octanol–water partition coefficient (Wildman–Crippen LogP) is 1.63. The van der Waals surface area contributed by atoms with Crippen LogP contribution in [-0.4, -0.2) is 46.1 Å². The van der Waals surface area contributed by atoms with Gasteiger partial charge in [-0.1, -0.05) is 6.07 Å². The first kappa shape index (κ1) is 26.8. The van der Waals surface area contributed by atoms with E-state index in [2.05, 4.69) is 31.0 Å². The van der Waals surface area contributed by atoms with Crippen LogP contribution in [-0.2, 0) is 34.9 Å². The van der Waals surface area contributed by atoms with Crippen molar-refractivity contribution in [1.82, 2.24) is 20.0 Å². The lowest BCUT2D eigenvalue weighted by atomic mass is 10.1. The highest BCUT2D eigenvalue weighted by atomic mass is 32.2. The van der Waals surface area contributed by atoms with E-state index in [0.29, 0.717) is 17.8 Å². The topological polar surface area (TPSA) is 171 Å². The van der Waals surface area contributed by atoms with E-state index in [-0.39, 0.29) is 47.6 Å². The summed E-state index contributed by atoms with van der Waals surface area (Å²) >= 11 is 0. The Morgan fingerprint density at radius 3 is 2.77 bits per heavy atom. The zero-order valence-corrected chi connectivity index (χ0v) is 21.1. The number of fused-ring (bicyclic) bond motifs is 1. The summed E-state index contributed by atoms with van der Waals surface area (Å²) in [5.41, 5.74) is -1.15. The molecular formula is C23H19F3N8O5S. The normalized spacial score (nSPS) is 14.9. The fraction of sp³-hybridized carbons (Fsp3) is 0.217. The Hall–Kier alpha value is -4.80. The van der Waals surface area contributed by atoms with Crippen molar-refractivity contribution in [2.75, 3.05) is 16.4 Å². The smallest absolute Gasteiger partial charge is 0.416 e. The molecule has 4 aromatic rings. The highest BCUT2D eigenvalue weighted by Crippen LogP contribution is 2.34. The van der Waals surface area contributed by atoms with Crippen molar-refractivity contribution in [1.29, 1.82) is 0 Å². The van der Waals surface area contributed by atoms with Gasteiger partial charge in [-0.25, -0.2) is 13.2 Å². The van der Waals surface area contributed by atoms with E-state index in [0.717, 1.165) is 6.07 Å². The van der Waals surface area contributed by atoms with Gasteiger partial charge in [-0.05, 0) is 41.1 Å². The average molecular weight is 577 g/mol. The van der Waals surface area contributed by atoms with Crippen LogP contribution < -0.4 is 20.4 Å². The first-order chi connectivity index (χ1) is 18.9. The largest absolute Gasteiger partial charge is 0.857 e. The Kier molecular flexibility index (Phi) is 6.97. The molecular weight excluding hydrogens is 557 g/mol. The summed E-state index contributed by atoms with van der Waals surface area (Å²) in [6.07, 6.45) is -1.86. The second-order valence-electron chi connectivity index (χ2n) is 8.68. The number of aromatic nitrogens is 5. The number of amides is 2. The van der Waals surface area contributed by atoms with Crippen LogP contribution in [0.15, 0.2) is 64.4 Å². The molecule has 2 amide bonds. The van der Waals surface area contributed by atoms with E-state index in [9.17, 15) is 31.5 Å². The van der Waals surface area contributed by atoms with Crippen molar-refractivity contribution >= 4 is 39.0 Å². The molecule has 208 valence electrons. The maximum atomic E-state index is 13.5. The van der Waals surface area contributed by atoms with Gasteiger partial charge in [0.15, 0.2) is 9.84 Å². The number of aliphatic imine (C=N–C) groups is 1. The minimum atomic E-state index is -4.81. The lowest BCUT2D eigenvalue weighted by Crippen LogP contribution is -2.35. The third-order valence-corrected chi connectivity index (χ3v) is 7.14. The van der Waals surface area contributed by atoms with Crippen molar-refractivity contribution in [3.05, 3.63) is 77.5 Å². The molecule has 1 aliphatic heterocycles. The number of nitrogens with one attached hydrogen (secondary N) is 2. The highest BCUT2D eigenvalue weighted by molar-refractivity contribution is 7.90. The Morgan fingerprint density at radius 1 is 1.20 bits per heavy atom. The van der Waals surface area contributed by atoms with Crippen molar-refractivity contribution in [3.8, 4) is 0 Å². The number of benzene rings is 1. The van der Waals surface area contributed by atoms with E-state index in [4.69, 9.17) is 4.52 Å². The van der Waals surface area contributed by atoms with Gasteiger partial charge in [0.25, 0.3) is 6.20 Å². The summed E-state index contributed by atoms with van der Waals surface area (Å²) in [6, 6.07) is 7.95. The molecule has 0 saturated carbocycles. The van der Waals surface area contributed by atoms with Gasteiger partial charge in [0, 0.05) is 17.8 Å². The van der Waals surface area contributed by atoms with Gasteiger partial charge < -0.3 is 10.4 Å². The number of hydrogen-bond acceptors (Lipinski definition) is 9. The lowest BCUT2D eigenvalue weighted by Gasteiger charge is -2.13. The van der Waals surface area contributed by atoms with E-state index < -0.39 is 39.2 Å². The maximum absolute atomic E-state index is 13.5. The maximum Gasteiger partial charge on any atom is 0.416 e. The van der Waals surface area contributed by atoms with Crippen LogP contribution in [0.2, 0.25) is 0 Å². The van der Waals surface area contributed by atoms with Crippen molar-refractivity contribution in [2.45, 2.75) is 25.0 Å². The first-order valence-corrected chi connectivity index (χ1v) is 13.4. The summed E-state index contributed by atoms with van der Waals surface area (Å²) < 4.78 is 72.0. The van der Waals surface area contributed by atoms with Gasteiger partial charge in [0.05, 0.1) is 40.7 Å². The van der Waals surface area contributed by atoms with Crippen LogP contribution in [0.3, 0.4) is 0 Å². The molecule has 5 rings (SSSR count). The second kappa shape index (κ2) is 10.4. The van der Waals surface area contributed by atoms with E-state index in [1.165, 1.54) is 21.6 Å². The molecule has 0 aliphatic carbocycles. The molecule has 0 spiro atoms. The Labute approximate surface area is 223 Å². The number of halogens is 3. The van der Waals surface area contributed by atoms with Gasteiger partial charge >= 0.3 is 18.1 Å². The lowest BCUT2D eigenvalue weighted by molar-refractivity contribution is -0.755. The number of carbonyl (C=O) groups is 1. The molecule has 0 saturated heterocycles. The average Bonchev–Trinajstić information content (AvgIpc) is 3.49. The number of nitrogens with zero attached hydrogens (tertiary/aromatic N) is 6. The molecule has 0 unspecified atom stereocenters. The fourth-order valence-electron chi connectivity index (χ4n) is 3.82. The molecule has 2 N–H and O–H groups in total. The summed E-state index contributed by atoms with van der Waals surface area (Å²) in [7, 11) is -3.33. The highest BCUT2D eigenvalue weighted by Gasteiger charge is 2.31. The van der Waals surface area contributed by atoms with E-state index in [1.54, 1.807) is 24.4 Å². The molecule has 0 fully saturated rings. The van der Waals surface area contributed by atoms with Crippen LogP contribution in [0.25, 0.3) is 0 Å². The summed E-state index contributed by atoms with van der Waals surface area (Å²) in [5.74, 6) is -1.52. The quantitative estimate of drug-likeness (QED) is 0.198. The number of aryl methyl sites for hydroxylation is 1. The molecule has 0 atom stereocenters. The zero-order valence-electron chi connectivity index (χ0n) is 20.3. The Morgan fingerprint density at radius 2 is 2.02 bits per heavy atom. The number of rotatable bonds is 6. The molecule has 0 radical (unpaired) electrons. The first-order valence-electron chi connectivity index (χ1n) is 11.5. The summed E-state index contributed by atoms with van der Waals surface area (Å²) in [5, 5.41) is 25.0. The predicted molar refractivity (Wildman–Crippen MR) is 130 cm³/mol. The van der Waals surface area contributed by atoms with Crippen molar-refractivity contribution in [2.24, 2.45) is 4.99 Å². The standard InChI is InChI=1S/C23H19F3N8O5S/c24-23(25,26)14-7-16(28-21(35)19-10-18-13-40(37,38)6-5-34(18)31-19)9-17(8-14)29-22(36)30-20-12-33(32-39-20)11-15-3-1-2-4-27-15/h1-4,7-10,12H,5-6,11,13H2,(H2-,28,29,30,32,35,36). The summed E-state index contributed by atoms with van der Waals surface area (Å²) in [6.45, 7) is 0.293. The number of anilines is 2. The van der Waals surface area contributed by atoms with Gasteiger partial charge in [-0.3, -0.25) is 24.5 Å². The minimum absolute atomic E-state index is 0.0476. The van der Waals surface area contributed by atoms with Gasteiger partial charge in [0.1, 0.15) is 5.69 Å². The van der Waals surface area contributed by atoms with Crippen LogP contribution in [0.4, 0.5) is 35.2 Å². The third kappa shape index (κ3) is 6.42. The van der Waals surface area contributed by atoms with Crippen LogP contribution in [0.5, 0.6) is 0 Å². The van der Waals surface area contributed by atoms with Crippen LogP contribution >= 0.6 is 0 Å². The number of urea groups is 1. The van der Waals surface area contributed by atoms with Gasteiger partial charge in [-0.2, -0.15) is 18.3 Å². The molecule has 3 aromatic heterocycles. The second-order valence-corrected chi connectivity index (χ2v) is 10.9. The minimum Gasteiger partial charge on any atom is -0.857 e. The Balaban J connectivity index is 1.33. The number of hydrogen-bond donors (Lipinski definition) is 2. The molecule has 1 aromatic carbocycles. The molecule has 13 nitrogen and oxygen atoms in total. The molecule has 0 bridgehead atoms. The SMILES string of the molecule is O=C(Nc1cc(N=C([O-])c2cc3n(n2)CCS(=O)(=O)C3)cc(C(F)(F)F)c1)Nc1c[n+](Cc2ccccn2)no1. The van der Waals surface area contributed by atoms with Crippen LogP contribution in [0, 0.1) is 0 Å². The molecule has 40 heavy (non-hydrogen) atoms. The number of carbonyl (C=O) groups excluding carboxylic acids is 1. The zero-order chi connectivity index (χ0) is 28.5. The van der Waals surface area contributed by atoms with Crippen molar-refractivity contribution in [3.63, 3.8) is 0 Å².